The van der Waals surface area contributed by atoms with Gasteiger partial charge < -0.3 is 30.4 Å². The number of benzene rings is 2. The number of piperazine rings is 2. The van der Waals surface area contributed by atoms with Crippen LogP contribution in [0.15, 0.2) is 59.1 Å². The van der Waals surface area contributed by atoms with Crippen molar-refractivity contribution in [2.45, 2.75) is 96.6 Å². The number of halogens is 4. The van der Waals surface area contributed by atoms with Gasteiger partial charge in [-0.1, -0.05) is 84.5 Å². The highest BCUT2D eigenvalue weighted by Gasteiger charge is 2.36. The van der Waals surface area contributed by atoms with E-state index >= 15 is 0 Å². The van der Waals surface area contributed by atoms with Crippen LogP contribution in [0.4, 0.5) is 17.5 Å². The molecule has 0 amide bonds. The van der Waals surface area contributed by atoms with Gasteiger partial charge in [0.2, 0.25) is 5.89 Å². The van der Waals surface area contributed by atoms with E-state index in [9.17, 15) is 4.79 Å². The highest BCUT2D eigenvalue weighted by molar-refractivity contribution is 6.32. The van der Waals surface area contributed by atoms with Gasteiger partial charge in [-0.3, -0.25) is 19.6 Å². The van der Waals surface area contributed by atoms with Crippen molar-refractivity contribution in [3.8, 4) is 11.6 Å². The average Bonchev–Trinajstić information content (AvgIpc) is 3.85. The Morgan fingerprint density at radius 1 is 0.676 bits per heavy atom. The molecule has 4 N–H and O–H groups in total. The van der Waals surface area contributed by atoms with Crippen molar-refractivity contribution in [2.24, 2.45) is 5.73 Å². The van der Waals surface area contributed by atoms with E-state index in [1.165, 1.54) is 38.1 Å². The van der Waals surface area contributed by atoms with Gasteiger partial charge >= 0.3 is 5.97 Å². The molecule has 4 saturated heterocycles. The lowest BCUT2D eigenvalue weighted by Crippen LogP contribution is -2.58. The summed E-state index contributed by atoms with van der Waals surface area (Å²) in [6.07, 6.45) is 8.49. The number of esters is 1. The monoisotopic (exact) mass is 1050 g/mol. The first-order chi connectivity index (χ1) is 34.4. The van der Waals surface area contributed by atoms with E-state index in [0.29, 0.717) is 52.6 Å². The number of nitrogens with zero attached hydrogens (tertiary/aromatic N) is 12. The summed E-state index contributed by atoms with van der Waals surface area (Å²) in [4.78, 5) is 44.3. The summed E-state index contributed by atoms with van der Waals surface area (Å²) in [6.45, 7) is 17.9. The van der Waals surface area contributed by atoms with Crippen LogP contribution in [0, 0.1) is 6.92 Å². The number of aromatic nitrogens is 6. The third kappa shape index (κ3) is 14.0. The van der Waals surface area contributed by atoms with Crippen LogP contribution in [0.25, 0.3) is 11.6 Å². The van der Waals surface area contributed by atoms with Crippen molar-refractivity contribution in [3.63, 3.8) is 0 Å². The molecule has 3 aromatic heterocycles. The van der Waals surface area contributed by atoms with Gasteiger partial charge in [0.25, 0.3) is 5.89 Å². The number of likely N-dealkylation sites (tertiary alicyclic amines) is 2. The second kappa shape index (κ2) is 26.0. The van der Waals surface area contributed by atoms with E-state index in [2.05, 4.69) is 103 Å². The van der Waals surface area contributed by atoms with Crippen LogP contribution in [-0.2, 0) is 17.8 Å². The van der Waals surface area contributed by atoms with Gasteiger partial charge in [0.15, 0.2) is 33.5 Å². The molecule has 21 heteroatoms. The molecule has 17 nitrogen and oxygen atoms in total. The van der Waals surface area contributed by atoms with Gasteiger partial charge in [-0.05, 0) is 107 Å². The second-order valence-corrected chi connectivity index (χ2v) is 19.9. The van der Waals surface area contributed by atoms with Crippen molar-refractivity contribution in [1.82, 2.24) is 49.7 Å². The fourth-order valence-electron chi connectivity index (χ4n) is 10.3. The van der Waals surface area contributed by atoms with Gasteiger partial charge in [-0.25, -0.2) is 24.7 Å². The van der Waals surface area contributed by atoms with E-state index in [4.69, 9.17) is 61.3 Å². The Bertz CT molecular complexity index is 2470. The average molecular weight is 1060 g/mol. The number of aryl methyl sites for hydroxylation is 1. The maximum absolute atomic E-state index is 11.8. The Hall–Kier alpha value is -4.43. The molecule has 0 bridgehead atoms. The van der Waals surface area contributed by atoms with Gasteiger partial charge in [0, 0.05) is 93.5 Å². The minimum atomic E-state index is -0.642. The molecule has 5 aromatic rings. The molecule has 0 unspecified atom stereocenters. The third-order valence-electron chi connectivity index (χ3n) is 14.0. The smallest absolute Gasteiger partial charge is 0.360 e. The quantitative estimate of drug-likeness (QED) is 0.114. The number of piperidine rings is 2. The molecule has 9 rings (SSSR count). The number of anilines is 3. The molecule has 384 valence electrons. The topological polar surface area (TPSA) is 188 Å². The van der Waals surface area contributed by atoms with Crippen molar-refractivity contribution in [3.05, 3.63) is 97.8 Å². The summed E-state index contributed by atoms with van der Waals surface area (Å²) in [7, 11) is 2.78. The lowest BCUT2D eigenvalue weighted by atomic mass is 9.98. The molecule has 0 spiro atoms. The first-order valence-electron chi connectivity index (χ1n) is 24.7. The molecule has 0 radical (unpaired) electrons. The Balaban J connectivity index is 0.000000202. The van der Waals surface area contributed by atoms with E-state index in [1.807, 2.05) is 24.3 Å². The number of rotatable bonds is 12. The van der Waals surface area contributed by atoms with Gasteiger partial charge in [-0.2, -0.15) is 0 Å². The standard InChI is InChI=1S/C25H31Cl2N7O.C24H32Cl2N6O2.CH5N/c1-3-20-16-33(24-23(27)29-22(14-28-24)25-31-30-17(2)35-25)12-13-34(20)21-8-10-32(11-9-21)15-18-4-6-19(26)7-5-18;1-3-18-15-31(23-21(26)28-20(22(27)29-23)24(33)34-2)12-13-32(18)19-8-10-30(11-9-19)14-16-4-6-17(25)7-5-16;1-2/h4-7,14,20-21H,3,8-13,15-16H2,1-2H3;4-7,18-19H,3,8-15H2,1-2H3,(H2,27,29);2H2,1H3/t20-;18-;/m00./s1. The molecule has 4 aliphatic heterocycles. The maximum Gasteiger partial charge on any atom is 0.360 e. The lowest BCUT2D eigenvalue weighted by molar-refractivity contribution is 0.0593. The summed E-state index contributed by atoms with van der Waals surface area (Å²) < 4.78 is 10.2. The van der Waals surface area contributed by atoms with Crippen molar-refractivity contribution >= 4 is 69.8 Å². The molecular formula is C50H68Cl4N14O3. The molecule has 71 heavy (non-hydrogen) atoms. The number of nitrogens with two attached hydrogens (primary N) is 2. The zero-order valence-corrected chi connectivity index (χ0v) is 44.5. The van der Waals surface area contributed by atoms with Crippen LogP contribution in [0.3, 0.4) is 0 Å². The predicted molar refractivity (Wildman–Crippen MR) is 283 cm³/mol. The highest BCUT2D eigenvalue weighted by atomic mass is 35.5. The third-order valence-corrected chi connectivity index (χ3v) is 15.0. The number of carbonyl (C=O) groups excluding carboxylic acids is 1. The van der Waals surface area contributed by atoms with Crippen molar-refractivity contribution in [1.29, 1.82) is 0 Å². The summed E-state index contributed by atoms with van der Waals surface area (Å²) in [6, 6.07) is 18.4. The predicted octanol–water partition coefficient (Wildman–Crippen LogP) is 8.00. The van der Waals surface area contributed by atoms with Crippen LogP contribution < -0.4 is 21.3 Å². The minimum absolute atomic E-state index is 0.0368. The van der Waals surface area contributed by atoms with E-state index in [-0.39, 0.29) is 16.7 Å². The molecule has 2 atom stereocenters. The first kappa shape index (κ1) is 54.3. The van der Waals surface area contributed by atoms with Crippen molar-refractivity contribution < 1.29 is 13.9 Å². The van der Waals surface area contributed by atoms with E-state index < -0.39 is 5.97 Å². The van der Waals surface area contributed by atoms with Crippen molar-refractivity contribution in [2.75, 3.05) is 95.1 Å². The van der Waals surface area contributed by atoms with Crippen LogP contribution >= 0.6 is 46.4 Å². The number of carbonyl (C=O) groups is 1. The Morgan fingerprint density at radius 2 is 1.15 bits per heavy atom. The van der Waals surface area contributed by atoms with Crippen LogP contribution in [0.2, 0.25) is 20.4 Å². The Morgan fingerprint density at radius 3 is 1.59 bits per heavy atom. The van der Waals surface area contributed by atoms with Crippen LogP contribution in [0.5, 0.6) is 0 Å². The zero-order valence-electron chi connectivity index (χ0n) is 41.5. The normalized spacial score (nSPS) is 20.0. The molecule has 0 saturated carbocycles. The molecular weight excluding hydrogens is 986 g/mol. The fraction of sp³-hybridized carbons (Fsp3) is 0.540. The van der Waals surface area contributed by atoms with E-state index in [0.717, 1.165) is 120 Å². The highest BCUT2D eigenvalue weighted by Crippen LogP contribution is 2.32. The summed E-state index contributed by atoms with van der Waals surface area (Å²) >= 11 is 25.0. The molecule has 0 aliphatic carbocycles. The van der Waals surface area contributed by atoms with Crippen LogP contribution in [0.1, 0.15) is 79.9 Å². The lowest BCUT2D eigenvalue weighted by Gasteiger charge is -2.47. The fourth-order valence-corrected chi connectivity index (χ4v) is 11.0. The van der Waals surface area contributed by atoms with Crippen LogP contribution in [-0.4, -0.2) is 159 Å². The summed E-state index contributed by atoms with van der Waals surface area (Å²) in [5.41, 5.74) is 13.6. The minimum Gasteiger partial charge on any atom is -0.464 e. The molecule has 4 aliphatic rings. The van der Waals surface area contributed by atoms with Gasteiger partial charge in [-0.15, -0.1) is 10.2 Å². The number of hydrogen-bond acceptors (Lipinski definition) is 17. The summed E-state index contributed by atoms with van der Waals surface area (Å²) in [5.74, 6) is 1.47. The van der Waals surface area contributed by atoms with Gasteiger partial charge in [0.1, 0.15) is 5.69 Å². The molecule has 4 fully saturated rings. The Kier molecular flexibility index (Phi) is 19.9. The number of nitrogen functional groups attached to an aromatic ring is 1. The van der Waals surface area contributed by atoms with Gasteiger partial charge in [0.05, 0.1) is 13.3 Å². The number of methoxy groups -OCH3 is 1. The first-order valence-corrected chi connectivity index (χ1v) is 26.2. The maximum atomic E-state index is 11.8. The molecule has 2 aromatic carbocycles. The second-order valence-electron chi connectivity index (χ2n) is 18.3. The Labute approximate surface area is 438 Å². The number of hydrogen-bond donors (Lipinski definition) is 2. The SMILES string of the molecule is CC[C@H]1CN(c2nc(N)c(C(=O)OC)nc2Cl)CCN1C1CCN(Cc2ccc(Cl)cc2)CC1.CC[C@H]1CN(c2ncc(-c3nnc(C)o3)nc2Cl)CCN1C1CCN(Cc2ccc(Cl)cc2)CC1.CN. The zero-order chi connectivity index (χ0) is 50.6. The largest absolute Gasteiger partial charge is 0.464 e. The van der Waals surface area contributed by atoms with E-state index in [1.54, 1.807) is 13.1 Å². The summed E-state index contributed by atoms with van der Waals surface area (Å²) in [5, 5.41) is 9.99. The molecule has 7 heterocycles. The number of ether oxygens (including phenoxy) is 1.